The lowest BCUT2D eigenvalue weighted by Crippen LogP contribution is -2.61. The summed E-state index contributed by atoms with van der Waals surface area (Å²) in [6, 6.07) is 0. The van der Waals surface area contributed by atoms with Gasteiger partial charge < -0.3 is 44.8 Å². The zero-order valence-electron chi connectivity index (χ0n) is 10.9. The molecule has 8 atom stereocenters. The highest BCUT2D eigenvalue weighted by Gasteiger charge is 2.54. The van der Waals surface area contributed by atoms with Crippen LogP contribution in [0, 0.1) is 0 Å². The molecule has 20 heavy (non-hydrogen) atoms. The SMILES string of the molecule is C[C@H]1O[C@@H](O[C@]2(CO)CO[C@@H](O)[C@@H]2O)[C@H](O)[C@H](O)[C@@H]1O. The Bertz CT molecular complexity index is 340. The molecule has 0 aromatic rings. The van der Waals surface area contributed by atoms with E-state index in [9.17, 15) is 30.6 Å². The van der Waals surface area contributed by atoms with Gasteiger partial charge in [0, 0.05) is 0 Å². The molecule has 0 aliphatic carbocycles. The van der Waals surface area contributed by atoms with Crippen molar-refractivity contribution in [2.45, 2.75) is 55.6 Å². The largest absolute Gasteiger partial charge is 0.393 e. The molecule has 2 heterocycles. The minimum absolute atomic E-state index is 0.314. The second kappa shape index (κ2) is 5.79. The molecule has 2 saturated heterocycles. The summed E-state index contributed by atoms with van der Waals surface area (Å²) >= 11 is 0. The Balaban J connectivity index is 2.12. The molecule has 2 fully saturated rings. The van der Waals surface area contributed by atoms with E-state index in [4.69, 9.17) is 14.2 Å². The highest BCUT2D eigenvalue weighted by Crippen LogP contribution is 2.32. The van der Waals surface area contributed by atoms with Crippen LogP contribution in [-0.2, 0) is 14.2 Å². The molecule has 2 aliphatic rings. The van der Waals surface area contributed by atoms with Crippen LogP contribution in [0.5, 0.6) is 0 Å². The van der Waals surface area contributed by atoms with Gasteiger partial charge in [-0.3, -0.25) is 0 Å². The minimum atomic E-state index is -1.67. The van der Waals surface area contributed by atoms with Crippen molar-refractivity contribution in [1.29, 1.82) is 0 Å². The van der Waals surface area contributed by atoms with E-state index in [1.165, 1.54) is 6.92 Å². The van der Waals surface area contributed by atoms with E-state index >= 15 is 0 Å². The zero-order chi connectivity index (χ0) is 15.1. The van der Waals surface area contributed by atoms with E-state index in [2.05, 4.69) is 0 Å². The van der Waals surface area contributed by atoms with Gasteiger partial charge in [-0.1, -0.05) is 0 Å². The molecule has 118 valence electrons. The molecule has 0 amide bonds. The van der Waals surface area contributed by atoms with E-state index in [1.54, 1.807) is 0 Å². The molecule has 0 aromatic heterocycles. The smallest absolute Gasteiger partial charge is 0.187 e. The van der Waals surface area contributed by atoms with Gasteiger partial charge in [0.25, 0.3) is 0 Å². The predicted octanol–water partition coefficient (Wildman–Crippen LogP) is -3.73. The highest BCUT2D eigenvalue weighted by molar-refractivity contribution is 4.97. The Hall–Kier alpha value is -0.360. The molecular weight excluding hydrogens is 276 g/mol. The quantitative estimate of drug-likeness (QED) is 0.309. The van der Waals surface area contributed by atoms with Crippen LogP contribution in [0.2, 0.25) is 0 Å². The first-order valence-electron chi connectivity index (χ1n) is 6.28. The summed E-state index contributed by atoms with van der Waals surface area (Å²) in [6.07, 6.45) is -9.64. The van der Waals surface area contributed by atoms with E-state index in [-0.39, 0.29) is 6.61 Å². The summed E-state index contributed by atoms with van der Waals surface area (Å²) in [5, 5.41) is 57.6. The first kappa shape index (κ1) is 16.0. The maximum atomic E-state index is 9.82. The second-order valence-electron chi connectivity index (χ2n) is 5.17. The molecule has 6 N–H and O–H groups in total. The summed E-state index contributed by atoms with van der Waals surface area (Å²) in [5.74, 6) is 0. The van der Waals surface area contributed by atoms with Gasteiger partial charge in [0.1, 0.15) is 30.0 Å². The maximum Gasteiger partial charge on any atom is 0.187 e. The number of ether oxygens (including phenoxy) is 3. The number of aliphatic hydroxyl groups is 6. The van der Waals surface area contributed by atoms with Crippen LogP contribution in [0.3, 0.4) is 0 Å². The number of hydrogen-bond donors (Lipinski definition) is 6. The van der Waals surface area contributed by atoms with Gasteiger partial charge in [-0.05, 0) is 6.92 Å². The number of hydrogen-bond acceptors (Lipinski definition) is 9. The first-order valence-corrected chi connectivity index (χ1v) is 6.28. The van der Waals surface area contributed by atoms with Crippen molar-refractivity contribution in [1.82, 2.24) is 0 Å². The average Bonchev–Trinajstić information content (AvgIpc) is 2.71. The van der Waals surface area contributed by atoms with E-state index in [0.29, 0.717) is 0 Å². The fraction of sp³-hybridized carbons (Fsp3) is 1.00. The van der Waals surface area contributed by atoms with E-state index < -0.39 is 55.3 Å². The zero-order valence-corrected chi connectivity index (χ0v) is 10.9. The molecule has 9 nitrogen and oxygen atoms in total. The van der Waals surface area contributed by atoms with Crippen LogP contribution in [0.4, 0.5) is 0 Å². The third-order valence-electron chi connectivity index (χ3n) is 3.73. The third kappa shape index (κ3) is 2.56. The van der Waals surface area contributed by atoms with Crippen molar-refractivity contribution in [3.8, 4) is 0 Å². The summed E-state index contributed by atoms with van der Waals surface area (Å²) in [4.78, 5) is 0. The van der Waals surface area contributed by atoms with Crippen molar-refractivity contribution in [3.05, 3.63) is 0 Å². The van der Waals surface area contributed by atoms with Crippen molar-refractivity contribution in [2.24, 2.45) is 0 Å². The van der Waals surface area contributed by atoms with Crippen molar-refractivity contribution >= 4 is 0 Å². The normalized spacial score (nSPS) is 53.2. The summed E-state index contributed by atoms with van der Waals surface area (Å²) in [5.41, 5.74) is -1.67. The molecule has 9 heteroatoms. The average molecular weight is 296 g/mol. The topological polar surface area (TPSA) is 149 Å². The minimum Gasteiger partial charge on any atom is -0.393 e. The Labute approximate surface area is 114 Å². The molecular formula is C11H20O9. The monoisotopic (exact) mass is 296 g/mol. The molecule has 0 unspecified atom stereocenters. The Morgan fingerprint density at radius 3 is 2.25 bits per heavy atom. The van der Waals surface area contributed by atoms with Gasteiger partial charge in [0.05, 0.1) is 19.3 Å². The van der Waals surface area contributed by atoms with Gasteiger partial charge in [0.15, 0.2) is 12.6 Å². The first-order chi connectivity index (χ1) is 9.32. The van der Waals surface area contributed by atoms with Gasteiger partial charge in [0.2, 0.25) is 0 Å². The fourth-order valence-corrected chi connectivity index (χ4v) is 2.29. The van der Waals surface area contributed by atoms with Crippen molar-refractivity contribution in [2.75, 3.05) is 13.2 Å². The van der Waals surface area contributed by atoms with Crippen LogP contribution >= 0.6 is 0 Å². The predicted molar refractivity (Wildman–Crippen MR) is 61.2 cm³/mol. The number of rotatable bonds is 3. The molecule has 2 rings (SSSR count). The maximum absolute atomic E-state index is 9.82. The molecule has 0 bridgehead atoms. The Morgan fingerprint density at radius 1 is 1.10 bits per heavy atom. The number of aliphatic hydroxyl groups excluding tert-OH is 6. The fourth-order valence-electron chi connectivity index (χ4n) is 2.29. The molecule has 0 aromatic carbocycles. The molecule has 0 radical (unpaired) electrons. The second-order valence-corrected chi connectivity index (χ2v) is 5.17. The van der Waals surface area contributed by atoms with Crippen LogP contribution in [0.15, 0.2) is 0 Å². The van der Waals surface area contributed by atoms with Gasteiger partial charge in [-0.25, -0.2) is 0 Å². The molecule has 0 saturated carbocycles. The molecule has 0 spiro atoms. The van der Waals surface area contributed by atoms with Gasteiger partial charge in [-0.15, -0.1) is 0 Å². The van der Waals surface area contributed by atoms with Gasteiger partial charge in [-0.2, -0.15) is 0 Å². The summed E-state index contributed by atoms with van der Waals surface area (Å²) < 4.78 is 15.4. The molecule has 2 aliphatic heterocycles. The lowest BCUT2D eigenvalue weighted by Gasteiger charge is -2.42. The highest BCUT2D eigenvalue weighted by atomic mass is 16.7. The van der Waals surface area contributed by atoms with Gasteiger partial charge >= 0.3 is 0 Å². The van der Waals surface area contributed by atoms with Crippen LogP contribution in [0.25, 0.3) is 0 Å². The standard InChI is InChI=1S/C11H20O9/c1-4-5(13)6(14)7(15)10(19-4)20-11(2-12)3-18-9(17)8(11)16/h4-10,12-17H,2-3H2,1H3/t4-,5-,6-,7-,8+,9-,10+,11-/m1/s1. The van der Waals surface area contributed by atoms with Crippen molar-refractivity contribution < 1.29 is 44.8 Å². The van der Waals surface area contributed by atoms with Crippen LogP contribution in [0.1, 0.15) is 6.92 Å². The Kier molecular flexibility index (Phi) is 4.64. The van der Waals surface area contributed by atoms with Crippen molar-refractivity contribution in [3.63, 3.8) is 0 Å². The summed E-state index contributed by atoms with van der Waals surface area (Å²) in [7, 11) is 0. The third-order valence-corrected chi connectivity index (χ3v) is 3.73. The van der Waals surface area contributed by atoms with E-state index in [0.717, 1.165) is 0 Å². The lowest BCUT2D eigenvalue weighted by atomic mass is 9.97. The lowest BCUT2D eigenvalue weighted by molar-refractivity contribution is -0.331. The van der Waals surface area contributed by atoms with E-state index in [1.807, 2.05) is 0 Å². The summed E-state index contributed by atoms with van der Waals surface area (Å²) in [6.45, 7) is 0.467. The Morgan fingerprint density at radius 2 is 1.75 bits per heavy atom. The van der Waals surface area contributed by atoms with Crippen LogP contribution < -0.4 is 0 Å². The van der Waals surface area contributed by atoms with Crippen LogP contribution in [-0.4, -0.2) is 92.6 Å².